The predicted octanol–water partition coefficient (Wildman–Crippen LogP) is 3.96. The van der Waals surface area contributed by atoms with Gasteiger partial charge in [-0.25, -0.2) is 0 Å². The van der Waals surface area contributed by atoms with Crippen LogP contribution in [-0.4, -0.2) is 24.1 Å². The first-order valence-corrected chi connectivity index (χ1v) is 9.16. The number of amides is 2. The first kappa shape index (κ1) is 17.3. The summed E-state index contributed by atoms with van der Waals surface area (Å²) in [5, 5.41) is 2.98. The van der Waals surface area contributed by atoms with E-state index in [1.807, 2.05) is 60.7 Å². The number of thioether (sulfide) groups is 1. The van der Waals surface area contributed by atoms with E-state index in [1.165, 1.54) is 0 Å². The second kappa shape index (κ2) is 8.03. The third-order valence-corrected chi connectivity index (χ3v) is 5.13. The number of hydrogen-bond acceptors (Lipinski definition) is 3. The number of carbonyl (C=O) groups is 2. The monoisotopic (exact) mass is 352 g/mol. The molecule has 1 aliphatic rings. The average Bonchev–Trinajstić information content (AvgIpc) is 3.03. The number of anilines is 2. The van der Waals surface area contributed by atoms with Crippen LogP contribution in [0.3, 0.4) is 0 Å². The molecule has 0 aliphatic carbocycles. The zero-order valence-electron chi connectivity index (χ0n) is 13.9. The lowest BCUT2D eigenvalue weighted by molar-refractivity contribution is -0.122. The molecule has 1 unspecified atom stereocenters. The van der Waals surface area contributed by atoms with Crippen LogP contribution in [0.15, 0.2) is 72.1 Å². The van der Waals surface area contributed by atoms with Gasteiger partial charge in [0, 0.05) is 29.3 Å². The smallest absolute Gasteiger partial charge is 0.229 e. The summed E-state index contributed by atoms with van der Waals surface area (Å²) in [7, 11) is 0. The molecule has 5 heteroatoms. The molecule has 0 spiro atoms. The molecule has 4 nitrogen and oxygen atoms in total. The lowest BCUT2D eigenvalue weighted by Crippen LogP contribution is -2.28. The van der Waals surface area contributed by atoms with Crippen molar-refractivity contribution in [2.45, 2.75) is 11.3 Å². The van der Waals surface area contributed by atoms with Crippen LogP contribution in [0.25, 0.3) is 0 Å². The van der Waals surface area contributed by atoms with Crippen molar-refractivity contribution in [1.29, 1.82) is 0 Å². The van der Waals surface area contributed by atoms with Gasteiger partial charge in [-0.15, -0.1) is 18.3 Å². The van der Waals surface area contributed by atoms with Crippen LogP contribution >= 0.6 is 11.8 Å². The molecule has 25 heavy (non-hydrogen) atoms. The number of rotatable bonds is 6. The van der Waals surface area contributed by atoms with Gasteiger partial charge in [-0.1, -0.05) is 36.4 Å². The Labute approximate surface area is 151 Å². The Balaban J connectivity index is 1.69. The third-order valence-electron chi connectivity index (χ3n) is 4.07. The Morgan fingerprint density at radius 2 is 1.92 bits per heavy atom. The Bertz CT molecular complexity index is 776. The zero-order valence-corrected chi connectivity index (χ0v) is 14.7. The molecule has 128 valence electrons. The SMILES string of the molecule is C=CCSc1ccccc1NC(=O)C1CC(=O)N(c2ccccc2)C1. The topological polar surface area (TPSA) is 49.4 Å². The highest BCUT2D eigenvalue weighted by Crippen LogP contribution is 2.29. The van der Waals surface area contributed by atoms with E-state index in [0.29, 0.717) is 6.54 Å². The molecule has 2 aromatic rings. The van der Waals surface area contributed by atoms with Crippen molar-refractivity contribution in [3.8, 4) is 0 Å². The van der Waals surface area contributed by atoms with E-state index < -0.39 is 0 Å². The number of nitrogens with zero attached hydrogens (tertiary/aromatic N) is 1. The van der Waals surface area contributed by atoms with Crippen molar-refractivity contribution in [3.05, 3.63) is 67.3 Å². The van der Waals surface area contributed by atoms with Crippen LogP contribution in [0.1, 0.15) is 6.42 Å². The van der Waals surface area contributed by atoms with Gasteiger partial charge < -0.3 is 10.2 Å². The van der Waals surface area contributed by atoms with Crippen molar-refractivity contribution in [2.75, 3.05) is 22.5 Å². The number of carbonyl (C=O) groups excluding carboxylic acids is 2. The fraction of sp³-hybridized carbons (Fsp3) is 0.200. The molecule has 1 saturated heterocycles. The molecule has 2 aromatic carbocycles. The molecule has 1 N–H and O–H groups in total. The van der Waals surface area contributed by atoms with Gasteiger partial charge in [0.05, 0.1) is 11.6 Å². The summed E-state index contributed by atoms with van der Waals surface area (Å²) in [6.45, 7) is 4.14. The second-order valence-corrected chi connectivity index (χ2v) is 6.89. The molecule has 3 rings (SSSR count). The fourth-order valence-corrected chi connectivity index (χ4v) is 3.57. The summed E-state index contributed by atoms with van der Waals surface area (Å²) in [5.74, 6) is 0.306. The molecule has 0 bridgehead atoms. The van der Waals surface area contributed by atoms with E-state index >= 15 is 0 Å². The first-order chi connectivity index (χ1) is 12.2. The van der Waals surface area contributed by atoms with Gasteiger partial charge in [0.25, 0.3) is 0 Å². The number of para-hydroxylation sites is 2. The van der Waals surface area contributed by atoms with Gasteiger partial charge in [0.1, 0.15) is 0 Å². The van der Waals surface area contributed by atoms with Crippen LogP contribution < -0.4 is 10.2 Å². The maximum Gasteiger partial charge on any atom is 0.229 e. The van der Waals surface area contributed by atoms with Crippen molar-refractivity contribution in [1.82, 2.24) is 0 Å². The normalized spacial score (nSPS) is 16.7. The predicted molar refractivity (Wildman–Crippen MR) is 103 cm³/mol. The van der Waals surface area contributed by atoms with Crippen LogP contribution in [-0.2, 0) is 9.59 Å². The molecular formula is C20H20N2O2S. The summed E-state index contributed by atoms with van der Waals surface area (Å²) in [6, 6.07) is 17.2. The lowest BCUT2D eigenvalue weighted by Gasteiger charge is -2.17. The third kappa shape index (κ3) is 4.12. The van der Waals surface area contributed by atoms with E-state index in [2.05, 4.69) is 11.9 Å². The Morgan fingerprint density at radius 1 is 1.20 bits per heavy atom. The van der Waals surface area contributed by atoms with Gasteiger partial charge in [-0.2, -0.15) is 0 Å². The minimum absolute atomic E-state index is 0.0133. The van der Waals surface area contributed by atoms with Gasteiger partial charge in [0.2, 0.25) is 11.8 Å². The maximum absolute atomic E-state index is 12.6. The van der Waals surface area contributed by atoms with Gasteiger partial charge in [-0.3, -0.25) is 9.59 Å². The van der Waals surface area contributed by atoms with E-state index in [-0.39, 0.29) is 24.2 Å². The van der Waals surface area contributed by atoms with Gasteiger partial charge >= 0.3 is 0 Å². The Hall–Kier alpha value is -2.53. The highest BCUT2D eigenvalue weighted by molar-refractivity contribution is 7.99. The second-order valence-electron chi connectivity index (χ2n) is 5.83. The van der Waals surface area contributed by atoms with Crippen LogP contribution in [0, 0.1) is 5.92 Å². The van der Waals surface area contributed by atoms with E-state index in [4.69, 9.17) is 0 Å². The molecule has 1 atom stereocenters. The summed E-state index contributed by atoms with van der Waals surface area (Å²) in [4.78, 5) is 27.6. The molecule has 0 radical (unpaired) electrons. The van der Waals surface area contributed by atoms with Crippen molar-refractivity contribution >= 4 is 35.0 Å². The molecule has 1 fully saturated rings. The van der Waals surface area contributed by atoms with Crippen molar-refractivity contribution in [3.63, 3.8) is 0 Å². The fourth-order valence-electron chi connectivity index (χ4n) is 2.82. The number of nitrogens with one attached hydrogen (secondary N) is 1. The van der Waals surface area contributed by atoms with Crippen molar-refractivity contribution in [2.24, 2.45) is 5.92 Å². The quantitative estimate of drug-likeness (QED) is 0.632. The minimum Gasteiger partial charge on any atom is -0.325 e. The Kier molecular flexibility index (Phi) is 5.56. The highest BCUT2D eigenvalue weighted by Gasteiger charge is 2.35. The summed E-state index contributed by atoms with van der Waals surface area (Å²) < 4.78 is 0. The number of hydrogen-bond donors (Lipinski definition) is 1. The zero-order chi connectivity index (χ0) is 17.6. The minimum atomic E-state index is -0.342. The maximum atomic E-state index is 12.6. The lowest BCUT2D eigenvalue weighted by atomic mass is 10.1. The average molecular weight is 352 g/mol. The number of benzene rings is 2. The van der Waals surface area contributed by atoms with Gasteiger partial charge in [0.15, 0.2) is 0 Å². The first-order valence-electron chi connectivity index (χ1n) is 8.18. The van der Waals surface area contributed by atoms with Crippen LogP contribution in [0.2, 0.25) is 0 Å². The highest BCUT2D eigenvalue weighted by atomic mass is 32.2. The molecule has 2 amide bonds. The summed E-state index contributed by atoms with van der Waals surface area (Å²) in [6.07, 6.45) is 2.07. The molecule has 0 saturated carbocycles. The van der Waals surface area contributed by atoms with Gasteiger partial charge in [-0.05, 0) is 24.3 Å². The Morgan fingerprint density at radius 3 is 2.68 bits per heavy atom. The van der Waals surface area contributed by atoms with Crippen LogP contribution in [0.4, 0.5) is 11.4 Å². The van der Waals surface area contributed by atoms with Crippen LogP contribution in [0.5, 0.6) is 0 Å². The standard InChI is InChI=1S/C20H20N2O2S/c1-2-12-25-18-11-7-6-10-17(18)21-20(24)15-13-19(23)22(14-15)16-8-4-3-5-9-16/h2-11,15H,1,12-14H2,(H,21,24). The molecular weight excluding hydrogens is 332 g/mol. The van der Waals surface area contributed by atoms with Crippen molar-refractivity contribution < 1.29 is 9.59 Å². The van der Waals surface area contributed by atoms with E-state index in [9.17, 15) is 9.59 Å². The largest absolute Gasteiger partial charge is 0.325 e. The molecule has 0 aromatic heterocycles. The summed E-state index contributed by atoms with van der Waals surface area (Å²) >= 11 is 1.62. The van der Waals surface area contributed by atoms with E-state index in [0.717, 1.165) is 22.0 Å². The summed E-state index contributed by atoms with van der Waals surface area (Å²) in [5.41, 5.74) is 1.62. The van der Waals surface area contributed by atoms with E-state index in [1.54, 1.807) is 16.7 Å². The molecule has 1 heterocycles. The molecule has 1 aliphatic heterocycles.